The molecule has 0 spiro atoms. The summed E-state index contributed by atoms with van der Waals surface area (Å²) < 4.78 is 47.5. The third-order valence-corrected chi connectivity index (χ3v) is 8.39. The van der Waals surface area contributed by atoms with E-state index in [-0.39, 0.29) is 29.2 Å². The summed E-state index contributed by atoms with van der Waals surface area (Å²) in [5.74, 6) is -0.186. The average molecular weight is 592 g/mol. The molecule has 43 heavy (non-hydrogen) atoms. The maximum Gasteiger partial charge on any atom is 0.202 e. The summed E-state index contributed by atoms with van der Waals surface area (Å²) in [5, 5.41) is 3.18. The van der Waals surface area contributed by atoms with Gasteiger partial charge in [-0.05, 0) is 37.1 Å². The van der Waals surface area contributed by atoms with E-state index in [2.05, 4.69) is 26.2 Å². The molecule has 226 valence electrons. The lowest BCUT2D eigenvalue weighted by Crippen LogP contribution is -2.48. The Kier molecular flexibility index (Phi) is 8.07. The normalized spacial score (nSPS) is 16.3. The zero-order chi connectivity index (χ0) is 30.1. The van der Waals surface area contributed by atoms with Crippen molar-refractivity contribution in [2.24, 2.45) is 0 Å². The summed E-state index contributed by atoms with van der Waals surface area (Å²) in [6, 6.07) is 10.8. The Bertz CT molecular complexity index is 1690. The molecule has 1 atom stereocenters. The molecule has 2 aromatic heterocycles. The number of ether oxygens (including phenoxy) is 3. The Morgan fingerprint density at radius 1 is 1.09 bits per heavy atom. The number of halogens is 2. The molecule has 2 aliphatic heterocycles. The molecule has 0 amide bonds. The van der Waals surface area contributed by atoms with E-state index in [4.69, 9.17) is 14.2 Å². The quantitative estimate of drug-likeness (QED) is 0.298. The van der Waals surface area contributed by atoms with Gasteiger partial charge in [0.2, 0.25) is 5.82 Å². The van der Waals surface area contributed by atoms with E-state index in [1.165, 1.54) is 0 Å². The third-order valence-electron chi connectivity index (χ3n) is 8.39. The average Bonchev–Trinajstić information content (AvgIpc) is 3.05. The minimum Gasteiger partial charge on any atom is -0.497 e. The van der Waals surface area contributed by atoms with Gasteiger partial charge in [-0.25, -0.2) is 9.37 Å². The van der Waals surface area contributed by atoms with Crippen LogP contribution in [0.2, 0.25) is 0 Å². The minimum atomic E-state index is -1.09. The highest BCUT2D eigenvalue weighted by Gasteiger charge is 2.29. The van der Waals surface area contributed by atoms with Crippen molar-refractivity contribution in [2.45, 2.75) is 38.5 Å². The number of methoxy groups -OCH3 is 2. The Morgan fingerprint density at radius 3 is 2.67 bits per heavy atom. The van der Waals surface area contributed by atoms with Gasteiger partial charge in [-0.15, -0.1) is 0 Å². The highest BCUT2D eigenvalue weighted by Crippen LogP contribution is 2.34. The van der Waals surface area contributed by atoms with Crippen LogP contribution >= 0.6 is 0 Å². The fraction of sp³-hybridized carbons (Fsp3) is 0.375. The molecule has 1 saturated heterocycles. The van der Waals surface area contributed by atoms with E-state index < -0.39 is 11.6 Å². The lowest BCUT2D eigenvalue weighted by molar-refractivity contribution is 0.156. The van der Waals surface area contributed by atoms with E-state index in [1.807, 2.05) is 42.1 Å². The van der Waals surface area contributed by atoms with Crippen LogP contribution in [0, 0.1) is 11.6 Å². The van der Waals surface area contributed by atoms with Gasteiger partial charge in [0.15, 0.2) is 17.0 Å². The van der Waals surface area contributed by atoms with Crippen LogP contribution in [0.5, 0.6) is 17.2 Å². The number of rotatable bonds is 9. The van der Waals surface area contributed by atoms with Gasteiger partial charge >= 0.3 is 0 Å². The van der Waals surface area contributed by atoms with E-state index in [0.717, 1.165) is 49.1 Å². The summed E-state index contributed by atoms with van der Waals surface area (Å²) >= 11 is 0. The smallest absolute Gasteiger partial charge is 0.202 e. The van der Waals surface area contributed by atoms with Gasteiger partial charge < -0.3 is 29.0 Å². The molecule has 1 N–H and O–H groups in total. The van der Waals surface area contributed by atoms with Gasteiger partial charge in [0.1, 0.15) is 23.9 Å². The summed E-state index contributed by atoms with van der Waals surface area (Å²) in [5.41, 5.74) is 2.46. The van der Waals surface area contributed by atoms with Gasteiger partial charge in [0.25, 0.3) is 0 Å². The minimum absolute atomic E-state index is 0.0878. The van der Waals surface area contributed by atoms with Gasteiger partial charge in [-0.3, -0.25) is 9.69 Å². The van der Waals surface area contributed by atoms with Gasteiger partial charge in [-0.1, -0.05) is 6.07 Å². The van der Waals surface area contributed by atoms with Gasteiger partial charge in [-0.2, -0.15) is 4.39 Å². The maximum absolute atomic E-state index is 14.6. The zero-order valence-electron chi connectivity index (χ0n) is 24.5. The highest BCUT2D eigenvalue weighted by molar-refractivity contribution is 5.86. The van der Waals surface area contributed by atoms with E-state index in [1.54, 1.807) is 20.4 Å². The van der Waals surface area contributed by atoms with Gasteiger partial charge in [0.05, 0.1) is 43.6 Å². The Labute approximate surface area is 248 Å². The van der Waals surface area contributed by atoms with Crippen molar-refractivity contribution >= 4 is 22.4 Å². The molecule has 9 nitrogen and oxygen atoms in total. The molecular formula is C32H35F2N5O4. The summed E-state index contributed by atoms with van der Waals surface area (Å²) in [7, 11) is 5.08. The predicted molar refractivity (Wildman–Crippen MR) is 161 cm³/mol. The van der Waals surface area contributed by atoms with Gasteiger partial charge in [0, 0.05) is 62.7 Å². The molecule has 0 bridgehead atoms. The molecule has 0 aliphatic carbocycles. The molecule has 1 fully saturated rings. The topological polar surface area (TPSA) is 81.1 Å². The second kappa shape index (κ2) is 12.1. The lowest BCUT2D eigenvalue weighted by Gasteiger charge is -2.40. The molecule has 4 heterocycles. The fourth-order valence-electron chi connectivity index (χ4n) is 6.14. The Balaban J connectivity index is 1.38. The standard InChI is InChI=1S/C32H35F2N5O4/c1-35-28-9-7-22(15-36-28)37-10-4-5-23(19-37)39(16-20-6-8-24(41-2)13-27(20)42-3)18-21-17-38-11-12-43-32-29(34)26(33)14-25(30(32)38)31(21)40/h6-9,13-15,17,23H,4-5,10-12,16,18-19H2,1-3H3,(H,35,36). The molecule has 6 rings (SSSR count). The van der Waals surface area contributed by atoms with Crippen molar-refractivity contribution < 1.29 is 23.0 Å². The maximum atomic E-state index is 14.6. The molecule has 4 aromatic rings. The molecule has 2 aliphatic rings. The lowest BCUT2D eigenvalue weighted by atomic mass is 10.0. The number of anilines is 2. The van der Waals surface area contributed by atoms with Crippen LogP contribution < -0.4 is 29.9 Å². The third kappa shape index (κ3) is 5.56. The second-order valence-corrected chi connectivity index (χ2v) is 10.9. The molecular weight excluding hydrogens is 556 g/mol. The van der Waals surface area contributed by atoms with Crippen LogP contribution in [0.15, 0.2) is 53.6 Å². The van der Waals surface area contributed by atoms with E-state index in [0.29, 0.717) is 42.2 Å². The van der Waals surface area contributed by atoms with Crippen LogP contribution in [0.1, 0.15) is 24.0 Å². The van der Waals surface area contributed by atoms with E-state index in [9.17, 15) is 13.6 Å². The number of pyridine rings is 2. The first-order chi connectivity index (χ1) is 20.9. The summed E-state index contributed by atoms with van der Waals surface area (Å²) in [6.45, 7) is 3.07. The van der Waals surface area contributed by atoms with Crippen LogP contribution in [0.3, 0.4) is 0 Å². The first-order valence-corrected chi connectivity index (χ1v) is 14.4. The van der Waals surface area contributed by atoms with Crippen molar-refractivity contribution in [1.29, 1.82) is 0 Å². The predicted octanol–water partition coefficient (Wildman–Crippen LogP) is 4.80. The number of aromatic nitrogens is 2. The number of nitrogens with one attached hydrogen (secondary N) is 1. The number of hydrogen-bond acceptors (Lipinski definition) is 8. The van der Waals surface area contributed by atoms with Crippen LogP contribution in [-0.2, 0) is 19.6 Å². The highest BCUT2D eigenvalue weighted by atomic mass is 19.2. The zero-order valence-corrected chi connectivity index (χ0v) is 24.5. The monoisotopic (exact) mass is 591 g/mol. The van der Waals surface area contributed by atoms with Crippen molar-refractivity contribution in [1.82, 2.24) is 14.5 Å². The summed E-state index contributed by atoms with van der Waals surface area (Å²) in [6.07, 6.45) is 5.53. The number of piperidine rings is 1. The summed E-state index contributed by atoms with van der Waals surface area (Å²) in [4.78, 5) is 22.9. The molecule has 11 heteroatoms. The van der Waals surface area contributed by atoms with Crippen LogP contribution in [0.25, 0.3) is 10.9 Å². The Hall–Kier alpha value is -4.38. The van der Waals surface area contributed by atoms with Crippen molar-refractivity contribution in [3.8, 4) is 17.2 Å². The van der Waals surface area contributed by atoms with Crippen LogP contribution in [0.4, 0.5) is 20.3 Å². The first-order valence-electron chi connectivity index (χ1n) is 14.4. The largest absolute Gasteiger partial charge is 0.497 e. The van der Waals surface area contributed by atoms with Crippen LogP contribution in [-0.4, -0.2) is 61.5 Å². The second-order valence-electron chi connectivity index (χ2n) is 10.9. The number of benzene rings is 2. The molecule has 2 aromatic carbocycles. The number of nitrogens with zero attached hydrogens (tertiary/aromatic N) is 4. The van der Waals surface area contributed by atoms with E-state index >= 15 is 0 Å². The van der Waals surface area contributed by atoms with Crippen molar-refractivity contribution in [3.63, 3.8) is 0 Å². The SMILES string of the molecule is CNc1ccc(N2CCCC(N(Cc3ccc(OC)cc3OC)Cc3cn4c5c(c(F)c(F)cc5c3=O)OCC4)C2)cn1. The molecule has 0 radical (unpaired) electrons. The van der Waals surface area contributed by atoms with Crippen molar-refractivity contribution in [2.75, 3.05) is 51.2 Å². The molecule has 0 saturated carbocycles. The number of hydrogen-bond donors (Lipinski definition) is 1. The Morgan fingerprint density at radius 2 is 1.93 bits per heavy atom. The molecule has 1 unspecified atom stereocenters. The fourth-order valence-corrected chi connectivity index (χ4v) is 6.14. The van der Waals surface area contributed by atoms with Crippen molar-refractivity contribution in [3.05, 3.63) is 81.8 Å². The first kappa shape index (κ1) is 28.7.